The zero-order chi connectivity index (χ0) is 16.2. The van der Waals surface area contributed by atoms with Gasteiger partial charge in [-0.1, -0.05) is 0 Å². The minimum absolute atomic E-state index is 0. The standard InChI is InChI=1S/6CBN.HI.6H3N.Na/c6*2-1-3;;;;;;;;/h;;;;;;1H;6*1H3;/q;;;;;;;;;;;;;+1/p-1. The molecule has 0 bridgehead atoms. The molecule has 0 aliphatic rings. The minimum atomic E-state index is 0. The molecule has 0 heterocycles. The van der Waals surface area contributed by atoms with E-state index >= 15 is 0 Å². The summed E-state index contributed by atoms with van der Waals surface area (Å²) >= 11 is 0. The zero-order valence-corrected chi connectivity index (χ0v) is 18.9. The first-order valence-electron chi connectivity index (χ1n) is 3.07. The predicted octanol–water partition coefficient (Wildman–Crippen LogP) is -7.20. The van der Waals surface area contributed by atoms with Crippen molar-refractivity contribution in [1.82, 2.24) is 36.9 Å². The topological polar surface area (TPSA) is 353 Å². The van der Waals surface area contributed by atoms with Crippen LogP contribution in [0.1, 0.15) is 0 Å². The minimum Gasteiger partial charge on any atom is -1.00 e. The van der Waals surface area contributed by atoms with Gasteiger partial charge < -0.3 is 60.9 Å². The van der Waals surface area contributed by atoms with Crippen molar-refractivity contribution in [3.63, 3.8) is 0 Å². The second-order valence-electron chi connectivity index (χ2n) is 0.775. The maximum atomic E-state index is 7.10. The van der Waals surface area contributed by atoms with Crippen LogP contribution in [0.2, 0.25) is 0 Å². The molecule has 128 valence electrons. The molecule has 0 aliphatic heterocycles. The van der Waals surface area contributed by atoms with E-state index < -0.39 is 0 Å². The Morgan fingerprint density at radius 2 is 0.346 bits per heavy atom. The average Bonchev–Trinajstić information content (AvgIpc) is 2.23. The van der Waals surface area contributed by atoms with Crippen LogP contribution >= 0.6 is 0 Å². The largest absolute Gasteiger partial charge is 1.00 e. The van der Waals surface area contributed by atoms with Gasteiger partial charge in [-0.25, -0.2) is 31.6 Å². The van der Waals surface area contributed by atoms with E-state index in [0.717, 1.165) is 0 Å². The van der Waals surface area contributed by atoms with Crippen molar-refractivity contribution in [3.05, 3.63) is 0 Å². The molecule has 0 aromatic rings. The molecule has 0 atom stereocenters. The summed E-state index contributed by atoms with van der Waals surface area (Å²) in [6.07, 6.45) is 0. The molecule has 0 saturated carbocycles. The Labute approximate surface area is 203 Å². The SMILES string of the molecule is N.N.N.N.N.N.[B]C#N.[B]C#N.[B]C#N.[B]C#N.[B]C#N.[B]C#N.[I-].[Na+]. The summed E-state index contributed by atoms with van der Waals surface area (Å²) < 4.78 is 0. The third-order valence-corrected chi connectivity index (χ3v) is 0. The molecule has 18 N–H and O–H groups in total. The first-order chi connectivity index (χ1) is 8.49. The summed E-state index contributed by atoms with van der Waals surface area (Å²) in [6.45, 7) is 0. The van der Waals surface area contributed by atoms with Crippen LogP contribution in [0.4, 0.5) is 0 Å². The Bertz CT molecular complexity index is 270. The first-order valence-corrected chi connectivity index (χ1v) is 3.07. The number of nitriles is 6. The predicted molar refractivity (Wildman–Crippen MR) is 98.3 cm³/mol. The number of hydrogen-bond donors (Lipinski definition) is 6. The molecule has 0 aromatic heterocycles. The molecule has 12 radical (unpaired) electrons. The van der Waals surface area contributed by atoms with Crippen molar-refractivity contribution in [3.8, 4) is 35.8 Å². The van der Waals surface area contributed by atoms with Gasteiger partial charge >= 0.3 is 29.6 Å². The van der Waals surface area contributed by atoms with E-state index in [-0.39, 0.29) is 90.4 Å². The van der Waals surface area contributed by atoms with Crippen molar-refractivity contribution in [2.75, 3.05) is 0 Å². The summed E-state index contributed by atoms with van der Waals surface area (Å²) in [7, 11) is 24.9. The zero-order valence-electron chi connectivity index (χ0n) is 14.8. The molecule has 20 heteroatoms. The van der Waals surface area contributed by atoms with Crippen molar-refractivity contribution in [2.45, 2.75) is 0 Å². The Kier molecular flexibility index (Phi) is 2470. The van der Waals surface area contributed by atoms with Crippen LogP contribution in [-0.4, -0.2) is 47.1 Å². The van der Waals surface area contributed by atoms with E-state index in [0.29, 0.717) is 0 Å². The van der Waals surface area contributed by atoms with Crippen LogP contribution in [-0.2, 0) is 0 Å². The van der Waals surface area contributed by atoms with Gasteiger partial charge in [-0.2, -0.15) is 0 Å². The molecule has 0 fully saturated rings. The third-order valence-electron chi connectivity index (χ3n) is 0. The van der Waals surface area contributed by atoms with Crippen LogP contribution in [0, 0.1) is 67.4 Å². The van der Waals surface area contributed by atoms with Gasteiger partial charge in [-0.3, -0.25) is 0 Å². The van der Waals surface area contributed by atoms with E-state index in [1.54, 1.807) is 0 Å². The molecular formula is C6H18B6IN12Na. The number of hydrogen-bond acceptors (Lipinski definition) is 12. The van der Waals surface area contributed by atoms with Crippen LogP contribution in [0.25, 0.3) is 0 Å². The molecule has 0 aliphatic carbocycles. The molecular weight excluding hydrogens is 455 g/mol. The number of nitrogens with zero attached hydrogens (tertiary/aromatic N) is 6. The Morgan fingerprint density at radius 1 is 0.346 bits per heavy atom. The van der Waals surface area contributed by atoms with Gasteiger partial charge in [0.1, 0.15) is 0 Å². The van der Waals surface area contributed by atoms with Gasteiger partial charge in [0.2, 0.25) is 47.1 Å². The van der Waals surface area contributed by atoms with E-state index in [1.807, 2.05) is 0 Å². The van der Waals surface area contributed by atoms with Gasteiger partial charge in [0.05, 0.1) is 0 Å². The fourth-order valence-corrected chi connectivity index (χ4v) is 0. The van der Waals surface area contributed by atoms with Gasteiger partial charge in [0.15, 0.2) is 0 Å². The number of rotatable bonds is 0. The van der Waals surface area contributed by atoms with Gasteiger partial charge in [-0.15, -0.1) is 0 Å². The summed E-state index contributed by atoms with van der Waals surface area (Å²) in [5.41, 5.74) is 0. The maximum absolute atomic E-state index is 7.10. The quantitative estimate of drug-likeness (QED) is 0.141. The summed E-state index contributed by atoms with van der Waals surface area (Å²) in [4.78, 5) is 0. The Balaban J connectivity index is -0.00000000522. The first kappa shape index (κ1) is 120. The van der Waals surface area contributed by atoms with Crippen LogP contribution < -0.4 is 90.4 Å². The van der Waals surface area contributed by atoms with Crippen LogP contribution in [0.3, 0.4) is 0 Å². The van der Waals surface area contributed by atoms with E-state index in [4.69, 9.17) is 31.6 Å². The second kappa shape index (κ2) is 534. The molecule has 26 heavy (non-hydrogen) atoms. The smallest absolute Gasteiger partial charge is 1.00 e. The molecule has 0 saturated heterocycles. The molecule has 0 aromatic carbocycles. The molecule has 0 rings (SSSR count). The van der Waals surface area contributed by atoms with Crippen molar-refractivity contribution in [1.29, 1.82) is 31.6 Å². The Morgan fingerprint density at radius 3 is 0.346 bits per heavy atom. The fourth-order valence-electron chi connectivity index (χ4n) is 0. The van der Waals surface area contributed by atoms with Crippen molar-refractivity contribution >= 4 is 47.1 Å². The second-order valence-corrected chi connectivity index (χ2v) is 0.775. The fraction of sp³-hybridized carbons (Fsp3) is 0. The normalized spacial score (nSPS) is 1.62. The van der Waals surface area contributed by atoms with Crippen LogP contribution in [0.15, 0.2) is 0 Å². The third kappa shape index (κ3) is 7800. The number of halogens is 1. The Hall–Kier alpha value is -1.18. The summed E-state index contributed by atoms with van der Waals surface area (Å²) in [5, 5.41) is 42.6. The summed E-state index contributed by atoms with van der Waals surface area (Å²) in [5.74, 6) is 7.50. The van der Waals surface area contributed by atoms with E-state index in [9.17, 15) is 0 Å². The average molecular weight is 473 g/mol. The van der Waals surface area contributed by atoms with Crippen molar-refractivity contribution < 1.29 is 53.5 Å². The molecule has 0 amide bonds. The maximum Gasteiger partial charge on any atom is 1.00 e. The van der Waals surface area contributed by atoms with Crippen LogP contribution in [0.5, 0.6) is 0 Å². The molecule has 0 unspecified atom stereocenters. The molecule has 12 nitrogen and oxygen atoms in total. The van der Waals surface area contributed by atoms with Gasteiger partial charge in [-0.05, 0) is 35.8 Å². The van der Waals surface area contributed by atoms with Gasteiger partial charge in [0.25, 0.3) is 0 Å². The van der Waals surface area contributed by atoms with E-state index in [1.165, 1.54) is 35.8 Å². The van der Waals surface area contributed by atoms with Crippen molar-refractivity contribution in [2.24, 2.45) is 0 Å². The van der Waals surface area contributed by atoms with Gasteiger partial charge in [0, 0.05) is 0 Å². The monoisotopic (exact) mass is 474 g/mol. The summed E-state index contributed by atoms with van der Waals surface area (Å²) in [6, 6.07) is 0. The molecule has 0 spiro atoms. The van der Waals surface area contributed by atoms with E-state index in [2.05, 4.69) is 47.1 Å².